The number of amides is 1. The molecule has 0 saturated carbocycles. The largest absolute Gasteiger partial charge is 0.497 e. The van der Waals surface area contributed by atoms with Crippen molar-refractivity contribution in [3.63, 3.8) is 0 Å². The first kappa shape index (κ1) is 20.9. The van der Waals surface area contributed by atoms with Crippen LogP contribution in [0.2, 0.25) is 0 Å². The summed E-state index contributed by atoms with van der Waals surface area (Å²) in [7, 11) is -1.96. The monoisotopic (exact) mass is 390 g/mol. The van der Waals surface area contributed by atoms with Crippen LogP contribution in [0.4, 0.5) is 0 Å². The number of methoxy groups -OCH3 is 1. The number of carbonyl (C=O) groups excluding carboxylic acids is 1. The van der Waals surface area contributed by atoms with Crippen molar-refractivity contribution in [2.45, 2.75) is 31.7 Å². The van der Waals surface area contributed by atoms with Gasteiger partial charge in [0.25, 0.3) is 5.91 Å². The van der Waals surface area contributed by atoms with Gasteiger partial charge in [-0.05, 0) is 54.3 Å². The van der Waals surface area contributed by atoms with E-state index in [0.29, 0.717) is 24.6 Å². The Bertz CT molecular complexity index is 845. The van der Waals surface area contributed by atoms with Gasteiger partial charge < -0.3 is 10.1 Å². The molecule has 0 aromatic heterocycles. The van der Waals surface area contributed by atoms with Gasteiger partial charge in [0.1, 0.15) is 5.75 Å². The molecule has 1 amide bonds. The van der Waals surface area contributed by atoms with Crippen LogP contribution in [0.5, 0.6) is 5.75 Å². The van der Waals surface area contributed by atoms with Crippen LogP contribution in [-0.4, -0.2) is 28.0 Å². The molecule has 2 N–H and O–H groups in total. The summed E-state index contributed by atoms with van der Waals surface area (Å²) in [6.07, 6.45) is 0.769. The molecule has 0 saturated heterocycles. The summed E-state index contributed by atoms with van der Waals surface area (Å²) >= 11 is 0. The lowest BCUT2D eigenvalue weighted by molar-refractivity contribution is 0.0951. The highest BCUT2D eigenvalue weighted by atomic mass is 32.2. The summed E-state index contributed by atoms with van der Waals surface area (Å²) in [5, 5.41) is 2.81. The van der Waals surface area contributed by atoms with E-state index in [9.17, 15) is 13.2 Å². The van der Waals surface area contributed by atoms with Crippen LogP contribution in [-0.2, 0) is 16.6 Å². The molecule has 0 aliphatic carbocycles. The summed E-state index contributed by atoms with van der Waals surface area (Å²) < 4.78 is 32.1. The fourth-order valence-corrected chi connectivity index (χ4v) is 3.43. The van der Waals surface area contributed by atoms with Gasteiger partial charge in [0.15, 0.2) is 0 Å². The fourth-order valence-electron chi connectivity index (χ4n) is 2.38. The van der Waals surface area contributed by atoms with Gasteiger partial charge in [0.05, 0.1) is 12.0 Å². The third-order valence-electron chi connectivity index (χ3n) is 4.05. The van der Waals surface area contributed by atoms with Gasteiger partial charge >= 0.3 is 0 Å². The summed E-state index contributed by atoms with van der Waals surface area (Å²) in [6, 6.07) is 13.3. The number of hydrogen-bond acceptors (Lipinski definition) is 4. The Morgan fingerprint density at radius 1 is 1.04 bits per heavy atom. The van der Waals surface area contributed by atoms with E-state index in [1.807, 2.05) is 38.1 Å². The highest BCUT2D eigenvalue weighted by Crippen LogP contribution is 2.13. The molecule has 146 valence electrons. The minimum atomic E-state index is -3.55. The maximum absolute atomic E-state index is 12.2. The van der Waals surface area contributed by atoms with Crippen molar-refractivity contribution < 1.29 is 17.9 Å². The van der Waals surface area contributed by atoms with E-state index in [1.165, 1.54) is 24.3 Å². The predicted octanol–water partition coefficient (Wildman–Crippen LogP) is 2.95. The van der Waals surface area contributed by atoms with E-state index in [0.717, 1.165) is 17.7 Å². The van der Waals surface area contributed by atoms with Crippen molar-refractivity contribution in [3.05, 3.63) is 59.7 Å². The van der Waals surface area contributed by atoms with E-state index in [1.54, 1.807) is 7.11 Å². The highest BCUT2D eigenvalue weighted by Gasteiger charge is 2.14. The van der Waals surface area contributed by atoms with Gasteiger partial charge in [-0.3, -0.25) is 4.79 Å². The molecular formula is C20H26N2O4S. The Hall–Kier alpha value is -2.38. The SMILES string of the molecule is COc1ccc(CNC(=O)c2ccc(S(=O)(=O)NCCC(C)C)cc2)cc1. The quantitative estimate of drug-likeness (QED) is 0.689. The van der Waals surface area contributed by atoms with E-state index in [4.69, 9.17) is 4.74 Å². The van der Waals surface area contributed by atoms with Crippen LogP contribution in [0.15, 0.2) is 53.4 Å². The van der Waals surface area contributed by atoms with Gasteiger partial charge in [-0.2, -0.15) is 0 Å². The smallest absolute Gasteiger partial charge is 0.251 e. The zero-order valence-electron chi connectivity index (χ0n) is 15.9. The summed E-state index contributed by atoms with van der Waals surface area (Å²) in [4.78, 5) is 12.4. The van der Waals surface area contributed by atoms with E-state index < -0.39 is 10.0 Å². The first-order valence-electron chi connectivity index (χ1n) is 8.82. The number of carbonyl (C=O) groups is 1. The molecule has 0 radical (unpaired) electrons. The third-order valence-corrected chi connectivity index (χ3v) is 5.53. The number of hydrogen-bond donors (Lipinski definition) is 2. The fraction of sp³-hybridized carbons (Fsp3) is 0.350. The second-order valence-corrected chi connectivity index (χ2v) is 8.40. The number of rotatable bonds is 9. The molecule has 0 fully saturated rings. The molecule has 0 bridgehead atoms. The first-order chi connectivity index (χ1) is 12.8. The summed E-state index contributed by atoms with van der Waals surface area (Å²) in [6.45, 7) is 4.84. The lowest BCUT2D eigenvalue weighted by Gasteiger charge is -2.09. The Morgan fingerprint density at radius 2 is 1.67 bits per heavy atom. The first-order valence-corrected chi connectivity index (χ1v) is 10.3. The highest BCUT2D eigenvalue weighted by molar-refractivity contribution is 7.89. The second kappa shape index (κ2) is 9.53. The lowest BCUT2D eigenvalue weighted by atomic mass is 10.1. The van der Waals surface area contributed by atoms with Gasteiger partial charge in [-0.15, -0.1) is 0 Å². The third kappa shape index (κ3) is 6.37. The van der Waals surface area contributed by atoms with Crippen molar-refractivity contribution in [2.24, 2.45) is 5.92 Å². The van der Waals surface area contributed by atoms with Crippen molar-refractivity contribution in [1.29, 1.82) is 0 Å². The molecule has 0 spiro atoms. The molecule has 0 aliphatic rings. The molecule has 7 heteroatoms. The normalized spacial score (nSPS) is 11.4. The average molecular weight is 391 g/mol. The van der Waals surface area contributed by atoms with E-state index >= 15 is 0 Å². The van der Waals surface area contributed by atoms with Crippen LogP contribution < -0.4 is 14.8 Å². The topological polar surface area (TPSA) is 84.5 Å². The van der Waals surface area contributed by atoms with Crippen molar-refractivity contribution in [3.8, 4) is 5.75 Å². The summed E-state index contributed by atoms with van der Waals surface area (Å²) in [5.74, 6) is 0.913. The van der Waals surface area contributed by atoms with Gasteiger partial charge in [0, 0.05) is 18.7 Å². The molecule has 2 rings (SSSR count). The molecule has 2 aromatic carbocycles. The van der Waals surface area contributed by atoms with Crippen LogP contribution in [0.25, 0.3) is 0 Å². The average Bonchev–Trinajstić information content (AvgIpc) is 2.66. The van der Waals surface area contributed by atoms with E-state index in [-0.39, 0.29) is 10.8 Å². The molecule has 2 aromatic rings. The van der Waals surface area contributed by atoms with Crippen LogP contribution in [0.1, 0.15) is 36.2 Å². The number of benzene rings is 2. The van der Waals surface area contributed by atoms with Gasteiger partial charge in [-0.1, -0.05) is 26.0 Å². The molecule has 0 atom stereocenters. The Kier molecular flexibility index (Phi) is 7.38. The molecular weight excluding hydrogens is 364 g/mol. The minimum absolute atomic E-state index is 0.151. The maximum Gasteiger partial charge on any atom is 0.251 e. The number of nitrogens with one attached hydrogen (secondary N) is 2. The van der Waals surface area contributed by atoms with E-state index in [2.05, 4.69) is 10.0 Å². The lowest BCUT2D eigenvalue weighted by Crippen LogP contribution is -2.26. The molecule has 0 heterocycles. The molecule has 0 aliphatic heterocycles. The predicted molar refractivity (Wildman–Crippen MR) is 105 cm³/mol. The second-order valence-electron chi connectivity index (χ2n) is 6.64. The Balaban J connectivity index is 1.94. The maximum atomic E-state index is 12.2. The summed E-state index contributed by atoms with van der Waals surface area (Å²) in [5.41, 5.74) is 1.35. The van der Waals surface area contributed by atoms with Gasteiger partial charge in [0.2, 0.25) is 10.0 Å². The Morgan fingerprint density at radius 3 is 2.22 bits per heavy atom. The zero-order valence-corrected chi connectivity index (χ0v) is 16.7. The van der Waals surface area contributed by atoms with Crippen molar-refractivity contribution in [2.75, 3.05) is 13.7 Å². The standard InChI is InChI=1S/C20H26N2O4S/c1-15(2)12-13-22-27(24,25)19-10-6-17(7-11-19)20(23)21-14-16-4-8-18(26-3)9-5-16/h4-11,15,22H,12-14H2,1-3H3,(H,21,23). The van der Waals surface area contributed by atoms with Gasteiger partial charge in [-0.25, -0.2) is 13.1 Å². The minimum Gasteiger partial charge on any atom is -0.497 e. The molecule has 27 heavy (non-hydrogen) atoms. The van der Waals surface area contributed by atoms with Crippen LogP contribution in [0.3, 0.4) is 0 Å². The van der Waals surface area contributed by atoms with Crippen molar-refractivity contribution >= 4 is 15.9 Å². The number of ether oxygens (including phenoxy) is 1. The molecule has 6 nitrogen and oxygen atoms in total. The van der Waals surface area contributed by atoms with Crippen LogP contribution in [0, 0.1) is 5.92 Å². The van der Waals surface area contributed by atoms with Crippen LogP contribution >= 0.6 is 0 Å². The molecule has 0 unspecified atom stereocenters. The van der Waals surface area contributed by atoms with Crippen molar-refractivity contribution in [1.82, 2.24) is 10.0 Å². The Labute approximate surface area is 161 Å². The zero-order chi connectivity index (χ0) is 19.9. The number of sulfonamides is 1.